The zero-order chi connectivity index (χ0) is 14.8. The molecule has 0 amide bonds. The second-order valence-corrected chi connectivity index (χ2v) is 5.68. The van der Waals surface area contributed by atoms with E-state index in [0.717, 1.165) is 12.8 Å². The zero-order valence-electron chi connectivity index (χ0n) is 11.6. The van der Waals surface area contributed by atoms with E-state index in [-0.39, 0.29) is 12.1 Å². The highest BCUT2D eigenvalue weighted by atomic mass is 19.4. The van der Waals surface area contributed by atoms with E-state index in [0.29, 0.717) is 12.3 Å². The predicted octanol–water partition coefficient (Wildman–Crippen LogP) is 3.14. The van der Waals surface area contributed by atoms with Gasteiger partial charge in [-0.05, 0) is 37.8 Å². The van der Waals surface area contributed by atoms with Gasteiger partial charge in [0, 0.05) is 12.1 Å². The quantitative estimate of drug-likeness (QED) is 0.925. The highest BCUT2D eigenvalue weighted by Crippen LogP contribution is 2.34. The Bertz CT molecular complexity index is 419. The molecule has 3 atom stereocenters. The summed E-state index contributed by atoms with van der Waals surface area (Å²) < 4.78 is 37.6. The SMILES string of the molecule is CN(CC(F)(F)F)C1CC(c2ccccc2)CCC1N. The second kappa shape index (κ2) is 6.14. The largest absolute Gasteiger partial charge is 0.401 e. The molecule has 2 nitrogen and oxygen atoms in total. The molecule has 1 aliphatic carbocycles. The lowest BCUT2D eigenvalue weighted by Crippen LogP contribution is -2.51. The van der Waals surface area contributed by atoms with Crippen molar-refractivity contribution in [2.45, 2.75) is 43.4 Å². The topological polar surface area (TPSA) is 29.3 Å². The smallest absolute Gasteiger partial charge is 0.326 e. The number of alkyl halides is 3. The Morgan fingerprint density at radius 1 is 1.20 bits per heavy atom. The normalized spacial score (nSPS) is 27.8. The highest BCUT2D eigenvalue weighted by Gasteiger charge is 2.37. The average Bonchev–Trinajstić information content (AvgIpc) is 2.38. The fraction of sp³-hybridized carbons (Fsp3) is 0.600. The van der Waals surface area contributed by atoms with E-state index in [2.05, 4.69) is 0 Å². The van der Waals surface area contributed by atoms with Crippen molar-refractivity contribution in [3.05, 3.63) is 35.9 Å². The van der Waals surface area contributed by atoms with Gasteiger partial charge in [0.15, 0.2) is 0 Å². The Kier molecular flexibility index (Phi) is 4.70. The Morgan fingerprint density at radius 2 is 1.85 bits per heavy atom. The lowest BCUT2D eigenvalue weighted by atomic mass is 9.78. The minimum Gasteiger partial charge on any atom is -0.326 e. The van der Waals surface area contributed by atoms with Gasteiger partial charge in [-0.1, -0.05) is 30.3 Å². The molecule has 0 saturated heterocycles. The van der Waals surface area contributed by atoms with Gasteiger partial charge < -0.3 is 5.73 Å². The first-order valence-electron chi connectivity index (χ1n) is 6.94. The van der Waals surface area contributed by atoms with Crippen molar-refractivity contribution in [1.82, 2.24) is 4.90 Å². The van der Waals surface area contributed by atoms with Crippen LogP contribution in [0.15, 0.2) is 30.3 Å². The summed E-state index contributed by atoms with van der Waals surface area (Å²) in [4.78, 5) is 1.36. The van der Waals surface area contributed by atoms with E-state index >= 15 is 0 Å². The molecule has 0 aromatic heterocycles. The maximum Gasteiger partial charge on any atom is 0.401 e. The van der Waals surface area contributed by atoms with Crippen molar-refractivity contribution < 1.29 is 13.2 Å². The predicted molar refractivity (Wildman–Crippen MR) is 73.5 cm³/mol. The van der Waals surface area contributed by atoms with Crippen LogP contribution in [0.2, 0.25) is 0 Å². The summed E-state index contributed by atoms with van der Waals surface area (Å²) in [6.07, 6.45) is -1.76. The first-order chi connectivity index (χ1) is 9.37. The molecule has 1 aliphatic rings. The molecule has 5 heteroatoms. The van der Waals surface area contributed by atoms with Crippen LogP contribution >= 0.6 is 0 Å². The molecule has 0 aliphatic heterocycles. The maximum absolute atomic E-state index is 12.5. The zero-order valence-corrected chi connectivity index (χ0v) is 11.6. The molecule has 2 N–H and O–H groups in total. The number of benzene rings is 1. The molecular weight excluding hydrogens is 265 g/mol. The summed E-state index contributed by atoms with van der Waals surface area (Å²) in [6.45, 7) is -0.896. The van der Waals surface area contributed by atoms with E-state index in [4.69, 9.17) is 5.73 Å². The molecule has 0 bridgehead atoms. The lowest BCUT2D eigenvalue weighted by molar-refractivity contribution is -0.149. The molecule has 1 fully saturated rings. The van der Waals surface area contributed by atoms with E-state index in [1.807, 2.05) is 30.3 Å². The molecule has 1 saturated carbocycles. The van der Waals surface area contributed by atoms with Crippen molar-refractivity contribution in [3.8, 4) is 0 Å². The summed E-state index contributed by atoms with van der Waals surface area (Å²) in [6, 6.07) is 9.59. The van der Waals surface area contributed by atoms with E-state index in [1.165, 1.54) is 17.5 Å². The Labute approximate surface area is 117 Å². The van der Waals surface area contributed by atoms with Gasteiger partial charge in [-0.15, -0.1) is 0 Å². The Morgan fingerprint density at radius 3 is 2.45 bits per heavy atom. The molecular formula is C15H21F3N2. The first-order valence-corrected chi connectivity index (χ1v) is 6.94. The van der Waals surface area contributed by atoms with Gasteiger partial charge in [-0.3, -0.25) is 4.90 Å². The molecule has 0 heterocycles. The molecule has 2 rings (SSSR count). The summed E-state index contributed by atoms with van der Waals surface area (Å²) in [5.74, 6) is 0.302. The molecule has 112 valence electrons. The fourth-order valence-corrected chi connectivity index (χ4v) is 3.10. The number of hydrogen-bond donors (Lipinski definition) is 1. The van der Waals surface area contributed by atoms with Crippen LogP contribution in [0, 0.1) is 0 Å². The van der Waals surface area contributed by atoms with E-state index < -0.39 is 12.7 Å². The second-order valence-electron chi connectivity index (χ2n) is 5.68. The number of halogens is 3. The maximum atomic E-state index is 12.5. The minimum atomic E-state index is -4.17. The molecule has 1 aromatic carbocycles. The molecule has 0 spiro atoms. The van der Waals surface area contributed by atoms with Gasteiger partial charge in [0.1, 0.15) is 0 Å². The van der Waals surface area contributed by atoms with Gasteiger partial charge in [0.2, 0.25) is 0 Å². The van der Waals surface area contributed by atoms with Crippen molar-refractivity contribution >= 4 is 0 Å². The van der Waals surface area contributed by atoms with Crippen LogP contribution in [0.1, 0.15) is 30.7 Å². The van der Waals surface area contributed by atoms with Crippen molar-refractivity contribution in [2.24, 2.45) is 5.73 Å². The summed E-state index contributed by atoms with van der Waals surface area (Å²) in [5.41, 5.74) is 7.23. The molecule has 0 radical (unpaired) electrons. The van der Waals surface area contributed by atoms with Crippen LogP contribution in [0.5, 0.6) is 0 Å². The first kappa shape index (κ1) is 15.3. The number of nitrogens with zero attached hydrogens (tertiary/aromatic N) is 1. The van der Waals surface area contributed by atoms with Crippen molar-refractivity contribution in [1.29, 1.82) is 0 Å². The van der Waals surface area contributed by atoms with Crippen molar-refractivity contribution in [2.75, 3.05) is 13.6 Å². The third-order valence-electron chi connectivity index (χ3n) is 4.13. The van der Waals surface area contributed by atoms with Crippen molar-refractivity contribution in [3.63, 3.8) is 0 Å². The summed E-state index contributed by atoms with van der Waals surface area (Å²) in [5, 5.41) is 0. The molecule has 20 heavy (non-hydrogen) atoms. The van der Waals surface area contributed by atoms with Gasteiger partial charge >= 0.3 is 6.18 Å². The van der Waals surface area contributed by atoms with Crippen LogP contribution in [0.25, 0.3) is 0 Å². The van der Waals surface area contributed by atoms with Gasteiger partial charge in [-0.25, -0.2) is 0 Å². The number of likely N-dealkylation sites (N-methyl/N-ethyl adjacent to an activating group) is 1. The highest BCUT2D eigenvalue weighted by molar-refractivity contribution is 5.20. The minimum absolute atomic E-state index is 0.178. The lowest BCUT2D eigenvalue weighted by Gasteiger charge is -2.40. The number of hydrogen-bond acceptors (Lipinski definition) is 2. The van der Waals surface area contributed by atoms with E-state index in [1.54, 1.807) is 0 Å². The third kappa shape index (κ3) is 3.96. The van der Waals surface area contributed by atoms with Crippen LogP contribution < -0.4 is 5.73 Å². The van der Waals surface area contributed by atoms with Crippen LogP contribution in [-0.2, 0) is 0 Å². The summed E-state index contributed by atoms with van der Waals surface area (Å²) in [7, 11) is 1.52. The van der Waals surface area contributed by atoms with Gasteiger partial charge in [-0.2, -0.15) is 13.2 Å². The Hall–Kier alpha value is -1.07. The molecule has 1 aromatic rings. The fourth-order valence-electron chi connectivity index (χ4n) is 3.10. The summed E-state index contributed by atoms with van der Waals surface area (Å²) >= 11 is 0. The van der Waals surface area contributed by atoms with Gasteiger partial charge in [0.25, 0.3) is 0 Å². The average molecular weight is 286 g/mol. The van der Waals surface area contributed by atoms with E-state index in [9.17, 15) is 13.2 Å². The van der Waals surface area contributed by atoms with Crippen LogP contribution in [0.4, 0.5) is 13.2 Å². The third-order valence-corrected chi connectivity index (χ3v) is 4.13. The number of rotatable bonds is 3. The Balaban J connectivity index is 2.05. The van der Waals surface area contributed by atoms with Gasteiger partial charge in [0.05, 0.1) is 6.54 Å². The molecule has 3 unspecified atom stereocenters. The monoisotopic (exact) mass is 286 g/mol. The standard InChI is InChI=1S/C15H21F3N2/c1-20(10-15(16,17)18)14-9-12(7-8-13(14)19)11-5-3-2-4-6-11/h2-6,12-14H,7-10,19H2,1H3. The van der Waals surface area contributed by atoms with Crippen LogP contribution in [0.3, 0.4) is 0 Å². The van der Waals surface area contributed by atoms with Crippen LogP contribution in [-0.4, -0.2) is 36.8 Å². The number of nitrogens with two attached hydrogens (primary N) is 1.